The Morgan fingerprint density at radius 1 is 1.13 bits per heavy atom. The van der Waals surface area contributed by atoms with Crippen molar-refractivity contribution in [2.24, 2.45) is 7.05 Å². The Hall–Kier alpha value is -2.92. The van der Waals surface area contributed by atoms with Crippen molar-refractivity contribution in [2.75, 3.05) is 7.11 Å². The van der Waals surface area contributed by atoms with Crippen molar-refractivity contribution in [1.29, 1.82) is 0 Å². The van der Waals surface area contributed by atoms with Gasteiger partial charge in [0.2, 0.25) is 10.0 Å². The zero-order valence-electron chi connectivity index (χ0n) is 16.7. The minimum atomic E-state index is -4.92. The van der Waals surface area contributed by atoms with E-state index in [2.05, 4.69) is 9.82 Å². The summed E-state index contributed by atoms with van der Waals surface area (Å²) < 4.78 is 86.5. The molecule has 1 N–H and O–H groups in total. The molecule has 0 aliphatic carbocycles. The molecule has 0 aliphatic heterocycles. The Bertz CT molecular complexity index is 1190. The van der Waals surface area contributed by atoms with Crippen molar-refractivity contribution in [3.63, 3.8) is 0 Å². The monoisotopic (exact) mass is 457 g/mol. The van der Waals surface area contributed by atoms with Crippen LogP contribution in [0.2, 0.25) is 0 Å². The fourth-order valence-corrected chi connectivity index (χ4v) is 4.51. The highest BCUT2D eigenvalue weighted by Crippen LogP contribution is 2.34. The lowest BCUT2D eigenvalue weighted by Crippen LogP contribution is -2.28. The third-order valence-electron chi connectivity index (χ3n) is 4.57. The number of nitrogens with one attached hydrogen (secondary N) is 1. The van der Waals surface area contributed by atoms with E-state index in [-0.39, 0.29) is 0 Å². The topological polar surface area (TPSA) is 73.2 Å². The van der Waals surface area contributed by atoms with Gasteiger partial charge in [-0.3, -0.25) is 4.68 Å². The van der Waals surface area contributed by atoms with Gasteiger partial charge in [0.15, 0.2) is 5.69 Å². The molecule has 0 fully saturated rings. The molecular weight excluding hydrogens is 438 g/mol. The molecule has 1 aromatic heterocycles. The SMILES string of the molecule is COc1ccc(F)cc1-c1ccc([C@@H](C)NS(=O)(=O)c2cn(C)nc2C(F)(F)F)cc1. The number of methoxy groups -OCH3 is 1. The maximum Gasteiger partial charge on any atom is 0.436 e. The molecule has 0 saturated heterocycles. The number of ether oxygens (including phenoxy) is 1. The number of benzene rings is 2. The van der Waals surface area contributed by atoms with E-state index < -0.39 is 38.6 Å². The van der Waals surface area contributed by atoms with Gasteiger partial charge < -0.3 is 4.74 Å². The van der Waals surface area contributed by atoms with Crippen LogP contribution in [-0.2, 0) is 23.2 Å². The lowest BCUT2D eigenvalue weighted by atomic mass is 10.0. The van der Waals surface area contributed by atoms with Crippen LogP contribution in [0, 0.1) is 5.82 Å². The van der Waals surface area contributed by atoms with Gasteiger partial charge in [-0.05, 0) is 36.2 Å². The molecule has 2 aromatic carbocycles. The predicted octanol–water partition coefficient (Wildman–Crippen LogP) is 4.29. The van der Waals surface area contributed by atoms with E-state index in [0.717, 1.165) is 10.9 Å². The van der Waals surface area contributed by atoms with Crippen molar-refractivity contribution in [1.82, 2.24) is 14.5 Å². The third-order valence-corrected chi connectivity index (χ3v) is 6.11. The van der Waals surface area contributed by atoms with Gasteiger partial charge in [0.05, 0.1) is 7.11 Å². The minimum Gasteiger partial charge on any atom is -0.496 e. The molecule has 0 spiro atoms. The lowest BCUT2D eigenvalue weighted by Gasteiger charge is -2.16. The van der Waals surface area contributed by atoms with Crippen LogP contribution in [-0.4, -0.2) is 25.3 Å². The fraction of sp³-hybridized carbons (Fsp3) is 0.250. The molecule has 0 bridgehead atoms. The number of sulfonamides is 1. The van der Waals surface area contributed by atoms with E-state index >= 15 is 0 Å². The van der Waals surface area contributed by atoms with Gasteiger partial charge in [0, 0.05) is 24.8 Å². The van der Waals surface area contributed by atoms with Crippen LogP contribution in [0.4, 0.5) is 17.6 Å². The van der Waals surface area contributed by atoms with E-state index in [4.69, 9.17) is 4.74 Å². The first kappa shape index (κ1) is 22.8. The van der Waals surface area contributed by atoms with Gasteiger partial charge in [-0.2, -0.15) is 18.3 Å². The number of rotatable bonds is 6. The largest absolute Gasteiger partial charge is 0.496 e. The summed E-state index contributed by atoms with van der Waals surface area (Å²) in [5.74, 6) is 0.0112. The molecule has 0 unspecified atom stereocenters. The normalized spacial score (nSPS) is 13.3. The first-order chi connectivity index (χ1) is 14.4. The Morgan fingerprint density at radius 2 is 1.77 bits per heavy atom. The number of alkyl halides is 3. The molecular formula is C20H19F4N3O3S. The highest BCUT2D eigenvalue weighted by atomic mass is 32.2. The molecule has 0 saturated carbocycles. The number of aryl methyl sites for hydroxylation is 1. The Labute approximate surface area is 176 Å². The van der Waals surface area contributed by atoms with Gasteiger partial charge in [-0.1, -0.05) is 24.3 Å². The van der Waals surface area contributed by atoms with Gasteiger partial charge >= 0.3 is 6.18 Å². The van der Waals surface area contributed by atoms with Crippen molar-refractivity contribution in [3.8, 4) is 16.9 Å². The molecule has 1 atom stereocenters. The number of halogens is 4. The Balaban J connectivity index is 1.87. The smallest absolute Gasteiger partial charge is 0.436 e. The maximum absolute atomic E-state index is 13.6. The standard InChI is InChI=1S/C20H19F4N3O3S/c1-12(26-31(28,29)18-11-27(2)25-19(18)20(22,23)24)13-4-6-14(7-5-13)16-10-15(21)8-9-17(16)30-3/h4-12,26H,1-3H3/t12-/m1/s1. The summed E-state index contributed by atoms with van der Waals surface area (Å²) in [7, 11) is -1.84. The van der Waals surface area contributed by atoms with Crippen molar-refractivity contribution in [2.45, 2.75) is 24.0 Å². The predicted molar refractivity (Wildman–Crippen MR) is 105 cm³/mol. The average Bonchev–Trinajstić information content (AvgIpc) is 3.11. The zero-order chi connectivity index (χ0) is 23.0. The van der Waals surface area contributed by atoms with Crippen LogP contribution in [0.15, 0.2) is 53.6 Å². The summed E-state index contributed by atoms with van der Waals surface area (Å²) >= 11 is 0. The second-order valence-electron chi connectivity index (χ2n) is 6.82. The molecule has 166 valence electrons. The van der Waals surface area contributed by atoms with Crippen LogP contribution in [0.5, 0.6) is 5.75 Å². The van der Waals surface area contributed by atoms with Crippen LogP contribution in [0.3, 0.4) is 0 Å². The molecule has 0 radical (unpaired) electrons. The average molecular weight is 457 g/mol. The molecule has 3 aromatic rings. The maximum atomic E-state index is 13.6. The molecule has 11 heteroatoms. The van der Waals surface area contributed by atoms with Gasteiger partial charge in [-0.25, -0.2) is 17.5 Å². The third kappa shape index (κ3) is 4.88. The highest BCUT2D eigenvalue weighted by molar-refractivity contribution is 7.89. The Morgan fingerprint density at radius 3 is 2.35 bits per heavy atom. The van der Waals surface area contributed by atoms with Gasteiger partial charge in [0.25, 0.3) is 0 Å². The van der Waals surface area contributed by atoms with Crippen LogP contribution in [0.1, 0.15) is 24.2 Å². The summed E-state index contributed by atoms with van der Waals surface area (Å²) in [5.41, 5.74) is 0.151. The quantitative estimate of drug-likeness (QED) is 0.561. The summed E-state index contributed by atoms with van der Waals surface area (Å²) in [5, 5.41) is 3.23. The van der Waals surface area contributed by atoms with Crippen LogP contribution in [0.25, 0.3) is 11.1 Å². The summed E-state index contributed by atoms with van der Waals surface area (Å²) in [6, 6.07) is 9.70. The molecule has 3 rings (SSSR count). The van der Waals surface area contributed by atoms with Crippen LogP contribution < -0.4 is 9.46 Å². The summed E-state index contributed by atoms with van der Waals surface area (Å²) in [6.07, 6.45) is -4.11. The summed E-state index contributed by atoms with van der Waals surface area (Å²) in [6.45, 7) is 1.50. The van der Waals surface area contributed by atoms with Gasteiger partial charge in [-0.15, -0.1) is 0 Å². The number of aromatic nitrogens is 2. The fourth-order valence-electron chi connectivity index (χ4n) is 3.08. The zero-order valence-corrected chi connectivity index (χ0v) is 17.6. The van der Waals surface area contributed by atoms with Crippen molar-refractivity contribution in [3.05, 3.63) is 65.7 Å². The van der Waals surface area contributed by atoms with E-state index in [0.29, 0.717) is 22.4 Å². The van der Waals surface area contributed by atoms with E-state index in [1.165, 1.54) is 39.3 Å². The van der Waals surface area contributed by atoms with Crippen molar-refractivity contribution >= 4 is 10.0 Å². The van der Waals surface area contributed by atoms with Crippen molar-refractivity contribution < 1.29 is 30.7 Å². The molecule has 0 amide bonds. The second-order valence-corrected chi connectivity index (χ2v) is 8.51. The Kier molecular flexibility index (Phi) is 6.10. The molecule has 31 heavy (non-hydrogen) atoms. The lowest BCUT2D eigenvalue weighted by molar-refractivity contribution is -0.143. The highest BCUT2D eigenvalue weighted by Gasteiger charge is 2.41. The minimum absolute atomic E-state index is 0.446. The first-order valence-electron chi connectivity index (χ1n) is 8.99. The van der Waals surface area contributed by atoms with Gasteiger partial charge in [0.1, 0.15) is 16.5 Å². The molecule has 1 heterocycles. The van der Waals surface area contributed by atoms with E-state index in [1.807, 2.05) is 0 Å². The molecule has 0 aliphatic rings. The number of hydrogen-bond donors (Lipinski definition) is 1. The first-order valence-corrected chi connectivity index (χ1v) is 10.5. The molecule has 6 nitrogen and oxygen atoms in total. The summed E-state index contributed by atoms with van der Waals surface area (Å²) in [4.78, 5) is -0.949. The van der Waals surface area contributed by atoms with E-state index in [9.17, 15) is 26.0 Å². The van der Waals surface area contributed by atoms with E-state index in [1.54, 1.807) is 24.3 Å². The second kappa shape index (κ2) is 8.31. The number of hydrogen-bond acceptors (Lipinski definition) is 4. The number of nitrogens with zero attached hydrogens (tertiary/aromatic N) is 2. The van der Waals surface area contributed by atoms with Crippen LogP contribution >= 0.6 is 0 Å².